The lowest BCUT2D eigenvalue weighted by Gasteiger charge is -2.35. The predicted octanol–water partition coefficient (Wildman–Crippen LogP) is 4.96. The first-order valence-corrected chi connectivity index (χ1v) is 11.0. The van der Waals surface area contributed by atoms with Gasteiger partial charge in [0.1, 0.15) is 22.9 Å². The van der Waals surface area contributed by atoms with Crippen molar-refractivity contribution in [2.24, 2.45) is 11.1 Å². The molecule has 0 atom stereocenters. The summed E-state index contributed by atoms with van der Waals surface area (Å²) in [5.41, 5.74) is 5.30. The molecule has 32 heavy (non-hydrogen) atoms. The van der Waals surface area contributed by atoms with Crippen LogP contribution in [-0.4, -0.2) is 35.3 Å². The van der Waals surface area contributed by atoms with Gasteiger partial charge in [-0.2, -0.15) is 5.10 Å². The zero-order valence-electron chi connectivity index (χ0n) is 18.3. The third-order valence-corrected chi connectivity index (χ3v) is 6.88. The normalized spacial score (nSPS) is 17.5. The molecular formula is C26H27N3O3. The average Bonchev–Trinajstić information content (AvgIpc) is 3.23. The van der Waals surface area contributed by atoms with E-state index < -0.39 is 5.41 Å². The Balaban J connectivity index is 1.63. The zero-order valence-corrected chi connectivity index (χ0v) is 18.3. The molecule has 6 nitrogen and oxygen atoms in total. The van der Waals surface area contributed by atoms with Crippen molar-refractivity contribution in [1.29, 1.82) is 0 Å². The van der Waals surface area contributed by atoms with E-state index in [9.17, 15) is 5.21 Å². The van der Waals surface area contributed by atoms with E-state index in [4.69, 9.17) is 9.47 Å². The first-order chi connectivity index (χ1) is 15.7. The van der Waals surface area contributed by atoms with Crippen molar-refractivity contribution in [2.45, 2.75) is 31.1 Å². The van der Waals surface area contributed by atoms with Crippen LogP contribution in [0.1, 0.15) is 47.3 Å². The minimum Gasteiger partial charge on any atom is -0.497 e. The van der Waals surface area contributed by atoms with E-state index in [-0.39, 0.29) is 5.92 Å². The lowest BCUT2D eigenvalue weighted by molar-refractivity contribution is 0.305. The Morgan fingerprint density at radius 3 is 2.25 bits per heavy atom. The van der Waals surface area contributed by atoms with Gasteiger partial charge in [0.2, 0.25) is 0 Å². The number of benzene rings is 2. The molecule has 2 aromatic carbocycles. The van der Waals surface area contributed by atoms with Crippen molar-refractivity contribution in [1.82, 2.24) is 10.2 Å². The Kier molecular flexibility index (Phi) is 5.21. The highest BCUT2D eigenvalue weighted by atomic mass is 16.5. The molecule has 0 spiro atoms. The second-order valence-corrected chi connectivity index (χ2v) is 8.52. The fourth-order valence-corrected chi connectivity index (χ4v) is 4.83. The van der Waals surface area contributed by atoms with E-state index in [0.717, 1.165) is 52.4 Å². The van der Waals surface area contributed by atoms with Crippen LogP contribution in [0.3, 0.4) is 0 Å². The van der Waals surface area contributed by atoms with Gasteiger partial charge in [0.15, 0.2) is 0 Å². The van der Waals surface area contributed by atoms with Crippen molar-refractivity contribution < 1.29 is 14.7 Å². The molecular weight excluding hydrogens is 402 g/mol. The van der Waals surface area contributed by atoms with Gasteiger partial charge in [-0.1, -0.05) is 48.0 Å². The number of nitrogens with zero attached hydrogens (tertiary/aromatic N) is 2. The minimum absolute atomic E-state index is 0.282. The highest BCUT2D eigenvalue weighted by molar-refractivity contribution is 6.04. The summed E-state index contributed by atoms with van der Waals surface area (Å²) in [7, 11) is 3.37. The number of aromatic amines is 1. The van der Waals surface area contributed by atoms with Gasteiger partial charge >= 0.3 is 0 Å². The standard InChI is InChI=1S/C26H27N3O3/c1-31-20-10-4-8-18(14-20)26(19-9-5-11-21(15-19)32-2)13-12-22-23(16-26)27-28-25(22)24(29-30)17-6-3-7-17/h4-5,8-15,17,30H,3,6-7,16H2,1-2H3,(H,27,28). The summed E-state index contributed by atoms with van der Waals surface area (Å²) in [5.74, 6) is 1.91. The van der Waals surface area contributed by atoms with Crippen molar-refractivity contribution in [3.63, 3.8) is 0 Å². The molecule has 0 unspecified atom stereocenters. The molecule has 0 saturated heterocycles. The van der Waals surface area contributed by atoms with Crippen LogP contribution < -0.4 is 9.47 Å². The van der Waals surface area contributed by atoms with Crippen LogP contribution in [0, 0.1) is 5.92 Å². The third kappa shape index (κ3) is 3.27. The van der Waals surface area contributed by atoms with E-state index in [1.807, 2.05) is 24.3 Å². The molecule has 1 saturated carbocycles. The topological polar surface area (TPSA) is 79.7 Å². The van der Waals surface area contributed by atoms with E-state index in [2.05, 4.69) is 51.8 Å². The summed E-state index contributed by atoms with van der Waals surface area (Å²) in [4.78, 5) is 0. The van der Waals surface area contributed by atoms with Gasteiger partial charge in [0.05, 0.1) is 14.2 Å². The maximum Gasteiger partial charge on any atom is 0.119 e. The van der Waals surface area contributed by atoms with Crippen LogP contribution in [0.15, 0.2) is 59.8 Å². The lowest BCUT2D eigenvalue weighted by atomic mass is 9.68. The molecule has 1 heterocycles. The highest BCUT2D eigenvalue weighted by Crippen LogP contribution is 2.44. The van der Waals surface area contributed by atoms with Crippen LogP contribution in [0.4, 0.5) is 0 Å². The Morgan fingerprint density at radius 2 is 1.72 bits per heavy atom. The predicted molar refractivity (Wildman–Crippen MR) is 124 cm³/mol. The van der Waals surface area contributed by atoms with Crippen LogP contribution in [0.2, 0.25) is 0 Å². The van der Waals surface area contributed by atoms with E-state index in [0.29, 0.717) is 12.1 Å². The summed E-state index contributed by atoms with van der Waals surface area (Å²) in [6.45, 7) is 0. The molecule has 0 bridgehead atoms. The summed E-state index contributed by atoms with van der Waals surface area (Å²) in [5, 5.41) is 21.1. The Bertz CT molecular complexity index is 1140. The molecule has 1 fully saturated rings. The number of hydrogen-bond acceptors (Lipinski definition) is 5. The van der Waals surface area contributed by atoms with Crippen LogP contribution >= 0.6 is 0 Å². The maximum absolute atomic E-state index is 9.69. The SMILES string of the molecule is COc1cccc(C2(c3cccc(OC)c3)C=Cc3c(C(=NO)C4CCC4)n[nH]c3C2)c1. The third-order valence-electron chi connectivity index (χ3n) is 6.88. The van der Waals surface area contributed by atoms with Crippen molar-refractivity contribution >= 4 is 11.8 Å². The number of fused-ring (bicyclic) bond motifs is 1. The van der Waals surface area contributed by atoms with E-state index in [1.54, 1.807) is 14.2 Å². The van der Waals surface area contributed by atoms with Crippen LogP contribution in [0.5, 0.6) is 11.5 Å². The summed E-state index contributed by atoms with van der Waals surface area (Å²) in [6.07, 6.45) is 8.29. The Labute approximate surface area is 187 Å². The molecule has 0 aliphatic heterocycles. The Morgan fingerprint density at radius 1 is 1.06 bits per heavy atom. The second-order valence-electron chi connectivity index (χ2n) is 8.52. The van der Waals surface area contributed by atoms with Crippen LogP contribution in [0.25, 0.3) is 6.08 Å². The summed E-state index contributed by atoms with van der Waals surface area (Å²) in [6, 6.07) is 16.4. The zero-order chi connectivity index (χ0) is 22.1. The van der Waals surface area contributed by atoms with Gasteiger partial charge < -0.3 is 14.7 Å². The van der Waals surface area contributed by atoms with Gasteiger partial charge in [-0.05, 0) is 48.2 Å². The highest BCUT2D eigenvalue weighted by Gasteiger charge is 2.38. The molecule has 6 heteroatoms. The van der Waals surface area contributed by atoms with Crippen LogP contribution in [-0.2, 0) is 11.8 Å². The molecule has 2 N–H and O–H groups in total. The van der Waals surface area contributed by atoms with Gasteiger partial charge in [-0.3, -0.25) is 5.10 Å². The van der Waals surface area contributed by atoms with Gasteiger partial charge in [-0.25, -0.2) is 0 Å². The van der Waals surface area contributed by atoms with Gasteiger partial charge in [0.25, 0.3) is 0 Å². The number of ether oxygens (including phenoxy) is 2. The fraction of sp³-hybridized carbons (Fsp3) is 0.308. The number of hydrogen-bond donors (Lipinski definition) is 2. The first-order valence-electron chi connectivity index (χ1n) is 11.0. The average molecular weight is 430 g/mol. The number of nitrogens with one attached hydrogen (secondary N) is 1. The molecule has 0 amide bonds. The molecule has 5 rings (SSSR count). The van der Waals surface area contributed by atoms with Crippen molar-refractivity contribution in [3.05, 3.63) is 82.7 Å². The monoisotopic (exact) mass is 429 g/mol. The lowest BCUT2D eigenvalue weighted by Crippen LogP contribution is -2.31. The molecule has 164 valence electrons. The molecule has 0 radical (unpaired) electrons. The number of methoxy groups -OCH3 is 2. The fourth-order valence-electron chi connectivity index (χ4n) is 4.83. The number of allylic oxidation sites excluding steroid dienone is 1. The van der Waals surface area contributed by atoms with Crippen molar-refractivity contribution in [3.8, 4) is 11.5 Å². The molecule has 1 aromatic heterocycles. The number of oxime groups is 1. The summed E-state index contributed by atoms with van der Waals surface area (Å²) < 4.78 is 11.0. The molecule has 2 aliphatic rings. The first kappa shape index (κ1) is 20.4. The maximum atomic E-state index is 9.69. The largest absolute Gasteiger partial charge is 0.497 e. The Hall–Kier alpha value is -3.54. The van der Waals surface area contributed by atoms with E-state index >= 15 is 0 Å². The van der Waals surface area contributed by atoms with E-state index in [1.165, 1.54) is 6.42 Å². The minimum atomic E-state index is -0.424. The molecule has 2 aliphatic carbocycles. The number of aromatic nitrogens is 2. The number of rotatable bonds is 6. The quantitative estimate of drug-likeness (QED) is 0.330. The molecule has 3 aromatic rings. The smallest absolute Gasteiger partial charge is 0.119 e. The second kappa shape index (κ2) is 8.19. The number of H-pyrrole nitrogens is 1. The van der Waals surface area contributed by atoms with Gasteiger partial charge in [0, 0.05) is 29.0 Å². The summed E-state index contributed by atoms with van der Waals surface area (Å²) >= 11 is 0. The van der Waals surface area contributed by atoms with Gasteiger partial charge in [-0.15, -0.1) is 0 Å². The van der Waals surface area contributed by atoms with Crippen molar-refractivity contribution in [2.75, 3.05) is 14.2 Å².